The van der Waals surface area contributed by atoms with E-state index >= 15 is 0 Å². The van der Waals surface area contributed by atoms with Gasteiger partial charge in [-0.3, -0.25) is 0 Å². The summed E-state index contributed by atoms with van der Waals surface area (Å²) in [5.41, 5.74) is 0. The van der Waals surface area contributed by atoms with E-state index in [0.29, 0.717) is 0 Å². The van der Waals surface area contributed by atoms with Crippen molar-refractivity contribution >= 4 is 16.3 Å². The van der Waals surface area contributed by atoms with Gasteiger partial charge < -0.3 is 0 Å². The first-order valence-electron chi connectivity index (χ1n) is 4.49. The van der Waals surface area contributed by atoms with E-state index in [-0.39, 0.29) is 0 Å². The van der Waals surface area contributed by atoms with Gasteiger partial charge >= 0.3 is 89.2 Å². The quantitative estimate of drug-likeness (QED) is 0.522. The number of hydrogen-bond acceptors (Lipinski definition) is 7. The van der Waals surface area contributed by atoms with Crippen molar-refractivity contribution in [2.24, 2.45) is 0 Å². The average Bonchev–Trinajstić information content (AvgIpc) is 1.73. The zero-order valence-electron chi connectivity index (χ0n) is 9.17. The third-order valence-corrected chi connectivity index (χ3v) is 4.73. The Bertz CT molecular complexity index is 174. The fourth-order valence-electron chi connectivity index (χ4n) is 0.835. The molecule has 0 radical (unpaired) electrons. The van der Waals surface area contributed by atoms with Crippen LogP contribution in [0.5, 0.6) is 0 Å². The molecule has 0 amide bonds. The first kappa shape index (κ1) is 15.6. The Kier molecular flexibility index (Phi) is 6.00. The van der Waals surface area contributed by atoms with Crippen LogP contribution in [0.15, 0.2) is 0 Å². The first-order valence-corrected chi connectivity index (χ1v) is 7.91. The second kappa shape index (κ2) is 5.77. The van der Waals surface area contributed by atoms with Gasteiger partial charge in [-0.1, -0.05) is 0 Å². The molecule has 0 saturated heterocycles. The van der Waals surface area contributed by atoms with Crippen molar-refractivity contribution in [2.45, 2.75) is 39.9 Å². The Morgan fingerprint density at radius 1 is 0.733 bits per heavy atom. The van der Waals surface area contributed by atoms with Crippen LogP contribution in [0.25, 0.3) is 0 Å². The summed E-state index contributed by atoms with van der Waals surface area (Å²) in [4.78, 5) is 36.9. The molecule has 0 unspecified atom stereocenters. The van der Waals surface area contributed by atoms with E-state index in [1.54, 1.807) is 27.7 Å². The third kappa shape index (κ3) is 8.39. The fourth-order valence-corrected chi connectivity index (χ4v) is 3.83. The maximum atomic E-state index is 9.22. The van der Waals surface area contributed by atoms with Gasteiger partial charge in [0.1, 0.15) is 0 Å². The van der Waals surface area contributed by atoms with Gasteiger partial charge in [0.15, 0.2) is 0 Å². The Morgan fingerprint density at radius 2 is 1.00 bits per heavy atom. The van der Waals surface area contributed by atoms with Gasteiger partial charge in [0.2, 0.25) is 0 Å². The van der Waals surface area contributed by atoms with E-state index in [2.05, 4.69) is 13.4 Å². The van der Waals surface area contributed by atoms with Gasteiger partial charge in [-0.2, -0.15) is 0 Å². The van der Waals surface area contributed by atoms with E-state index in [1.807, 2.05) is 0 Å². The van der Waals surface area contributed by atoms with Crippen molar-refractivity contribution in [1.82, 2.24) is 0 Å². The van der Waals surface area contributed by atoms with Crippen LogP contribution in [0.1, 0.15) is 27.7 Å². The van der Waals surface area contributed by atoms with Crippen molar-refractivity contribution < 1.29 is 32.9 Å². The molecular formula is C6H20O7P2. The molecule has 96 valence electrons. The summed E-state index contributed by atoms with van der Waals surface area (Å²) in [6.07, 6.45) is -1.01. The van der Waals surface area contributed by atoms with E-state index < -0.39 is 28.5 Å². The van der Waals surface area contributed by atoms with Crippen LogP contribution in [0, 0.1) is 0 Å². The van der Waals surface area contributed by atoms with Crippen LogP contribution < -0.4 is 0 Å². The predicted molar refractivity (Wildman–Crippen MR) is 59.0 cm³/mol. The van der Waals surface area contributed by atoms with Crippen LogP contribution >= 0.6 is 16.3 Å². The summed E-state index contributed by atoms with van der Waals surface area (Å²) in [6, 6.07) is 0. The van der Waals surface area contributed by atoms with Crippen molar-refractivity contribution in [1.29, 1.82) is 0 Å². The third-order valence-electron chi connectivity index (χ3n) is 1.04. The Labute approximate surface area is 89.9 Å². The van der Waals surface area contributed by atoms with Crippen LogP contribution in [-0.2, 0) is 13.4 Å². The second-order valence-corrected chi connectivity index (χ2v) is 7.01. The summed E-state index contributed by atoms with van der Waals surface area (Å²) < 4.78 is 13.5. The molecule has 15 heavy (non-hydrogen) atoms. The van der Waals surface area contributed by atoms with Gasteiger partial charge in [0, 0.05) is 0 Å². The van der Waals surface area contributed by atoms with Gasteiger partial charge in [-0.05, 0) is 0 Å². The fraction of sp³-hybridized carbons (Fsp3) is 1.00. The van der Waals surface area contributed by atoms with Gasteiger partial charge in [-0.15, -0.1) is 0 Å². The summed E-state index contributed by atoms with van der Waals surface area (Å²) in [5.74, 6) is 0. The van der Waals surface area contributed by atoms with E-state index in [0.717, 1.165) is 0 Å². The predicted octanol–water partition coefficient (Wildman–Crippen LogP) is 0.642. The zero-order chi connectivity index (χ0) is 12.3. The summed E-state index contributed by atoms with van der Waals surface area (Å²) in [5, 5.41) is 0. The SMILES string of the molecule is CC(C)O[PH](O)(O)O[PH](O)(O)OC(C)C. The molecule has 0 heterocycles. The van der Waals surface area contributed by atoms with Crippen LogP contribution in [-0.4, -0.2) is 31.8 Å². The van der Waals surface area contributed by atoms with Crippen molar-refractivity contribution in [3.05, 3.63) is 0 Å². The molecule has 0 aromatic rings. The summed E-state index contributed by atoms with van der Waals surface area (Å²) in [7, 11) is -9.06. The minimum atomic E-state index is -4.53. The van der Waals surface area contributed by atoms with Crippen LogP contribution in [0.3, 0.4) is 0 Å². The summed E-state index contributed by atoms with van der Waals surface area (Å²) >= 11 is 0. The molecule has 0 aromatic heterocycles. The zero-order valence-corrected chi connectivity index (χ0v) is 11.2. The molecule has 7 nitrogen and oxygen atoms in total. The van der Waals surface area contributed by atoms with Gasteiger partial charge in [0.25, 0.3) is 0 Å². The molecule has 0 spiro atoms. The average molecular weight is 266 g/mol. The Morgan fingerprint density at radius 3 is 1.20 bits per heavy atom. The Balaban J connectivity index is 4.29. The van der Waals surface area contributed by atoms with Crippen molar-refractivity contribution in [3.63, 3.8) is 0 Å². The molecule has 0 atom stereocenters. The van der Waals surface area contributed by atoms with E-state index in [1.165, 1.54) is 0 Å². The van der Waals surface area contributed by atoms with Gasteiger partial charge in [-0.25, -0.2) is 0 Å². The molecule has 0 rings (SSSR count). The van der Waals surface area contributed by atoms with E-state index in [4.69, 9.17) is 0 Å². The van der Waals surface area contributed by atoms with Crippen molar-refractivity contribution in [3.8, 4) is 0 Å². The molecule has 0 aromatic carbocycles. The summed E-state index contributed by atoms with van der Waals surface area (Å²) in [6.45, 7) is 6.22. The topological polar surface area (TPSA) is 109 Å². The molecule has 0 aliphatic heterocycles. The first-order chi connectivity index (χ1) is 6.54. The number of rotatable bonds is 6. The normalized spacial score (nSPS) is 16.1. The minimum absolute atomic E-state index is 0.504. The molecule has 0 saturated carbocycles. The number of hydrogen-bond donors (Lipinski definition) is 4. The Hall–Kier alpha value is 0.580. The molecule has 4 N–H and O–H groups in total. The van der Waals surface area contributed by atoms with Crippen LogP contribution in [0.2, 0.25) is 0 Å². The van der Waals surface area contributed by atoms with Crippen LogP contribution in [0.4, 0.5) is 0 Å². The molecule has 0 fully saturated rings. The van der Waals surface area contributed by atoms with Gasteiger partial charge in [0.05, 0.1) is 0 Å². The molecule has 0 aliphatic rings. The molecule has 0 bridgehead atoms. The van der Waals surface area contributed by atoms with Crippen molar-refractivity contribution in [2.75, 3.05) is 0 Å². The maximum absolute atomic E-state index is 9.22. The molecule has 9 heteroatoms. The van der Waals surface area contributed by atoms with E-state index in [9.17, 15) is 19.6 Å². The monoisotopic (exact) mass is 266 g/mol. The molecule has 0 aliphatic carbocycles. The standard InChI is InChI=1S/C6H20O7P2/c1-5(2)11-14(7,8)13-15(9,10)12-6(3)4/h5-10,14-15H,1-4H3. The second-order valence-electron chi connectivity index (χ2n) is 3.53. The molecular weight excluding hydrogens is 246 g/mol.